The number of nitrogens with zero attached hydrogens (tertiary/aromatic N) is 2. The van der Waals surface area contributed by atoms with Crippen molar-refractivity contribution in [2.45, 2.75) is 27.7 Å². The van der Waals surface area contributed by atoms with Crippen LogP contribution in [0.15, 0.2) is 36.4 Å². The van der Waals surface area contributed by atoms with Gasteiger partial charge in [-0.05, 0) is 75.2 Å². The van der Waals surface area contributed by atoms with Crippen molar-refractivity contribution < 1.29 is 14.4 Å². The van der Waals surface area contributed by atoms with Crippen LogP contribution in [-0.2, 0) is 0 Å². The number of hydrogen-bond donors (Lipinski definition) is 1. The maximum atomic E-state index is 13.4. The van der Waals surface area contributed by atoms with Crippen LogP contribution in [0.25, 0.3) is 10.2 Å². The molecule has 2 aromatic carbocycles. The normalized spacial score (nSPS) is 11.2. The molecule has 3 aromatic rings. The molecule has 0 radical (unpaired) electrons. The van der Waals surface area contributed by atoms with Gasteiger partial charge in [-0.3, -0.25) is 9.69 Å². The number of quaternary nitrogens is 1. The lowest BCUT2D eigenvalue weighted by Crippen LogP contribution is -3.12. The molecule has 1 aromatic heterocycles. The van der Waals surface area contributed by atoms with Crippen LogP contribution in [0.5, 0.6) is 5.75 Å². The minimum absolute atomic E-state index is 0.0216. The number of benzene rings is 2. The number of fused-ring (bicyclic) bond motifs is 1. The van der Waals surface area contributed by atoms with Crippen molar-refractivity contribution in [3.63, 3.8) is 0 Å². The van der Waals surface area contributed by atoms with Crippen LogP contribution in [0, 0.1) is 13.8 Å². The monoisotopic (exact) mass is 412 g/mol. The molecule has 1 amide bonds. The summed E-state index contributed by atoms with van der Waals surface area (Å²) in [5.41, 5.74) is 4.06. The average molecular weight is 413 g/mol. The topological polar surface area (TPSA) is 46.9 Å². The summed E-state index contributed by atoms with van der Waals surface area (Å²) in [6.07, 6.45) is 0. The Hall–Kier alpha value is -2.44. The number of aryl methyl sites for hydroxylation is 2. The summed E-state index contributed by atoms with van der Waals surface area (Å²) in [5, 5.41) is 0.761. The zero-order valence-electron chi connectivity index (χ0n) is 17.9. The Labute approximate surface area is 176 Å². The van der Waals surface area contributed by atoms with Gasteiger partial charge in [-0.1, -0.05) is 11.3 Å². The third-order valence-corrected chi connectivity index (χ3v) is 6.54. The Morgan fingerprint density at radius 3 is 2.38 bits per heavy atom. The van der Waals surface area contributed by atoms with Gasteiger partial charge in [0.25, 0.3) is 5.91 Å². The Balaban J connectivity index is 1.96. The number of amides is 1. The summed E-state index contributed by atoms with van der Waals surface area (Å²) in [4.78, 5) is 21.5. The Kier molecular flexibility index (Phi) is 6.87. The maximum absolute atomic E-state index is 13.4. The summed E-state index contributed by atoms with van der Waals surface area (Å²) in [5.74, 6) is 0.721. The van der Waals surface area contributed by atoms with Crippen molar-refractivity contribution in [2.75, 3.05) is 38.2 Å². The first-order chi connectivity index (χ1) is 14.0. The number of ether oxygens (including phenoxy) is 1. The molecule has 0 atom stereocenters. The number of thiazole rings is 1. The van der Waals surface area contributed by atoms with E-state index in [0.717, 1.165) is 40.7 Å². The number of carbonyl (C=O) groups is 1. The van der Waals surface area contributed by atoms with Gasteiger partial charge in [-0.2, -0.15) is 0 Å². The number of methoxy groups -OCH3 is 1. The molecule has 0 aliphatic rings. The zero-order valence-corrected chi connectivity index (χ0v) is 18.7. The van der Waals surface area contributed by atoms with E-state index >= 15 is 0 Å². The Morgan fingerprint density at radius 2 is 1.76 bits per heavy atom. The average Bonchev–Trinajstić information content (AvgIpc) is 3.13. The highest BCUT2D eigenvalue weighted by Crippen LogP contribution is 2.31. The van der Waals surface area contributed by atoms with Crippen LogP contribution in [-0.4, -0.2) is 44.2 Å². The summed E-state index contributed by atoms with van der Waals surface area (Å²) in [7, 11) is 1.63. The Bertz CT molecular complexity index is 939. The lowest BCUT2D eigenvalue weighted by atomic mass is 10.1. The molecule has 0 spiro atoms. The predicted octanol–water partition coefficient (Wildman–Crippen LogP) is 3.49. The fraction of sp³-hybridized carbons (Fsp3) is 0.391. The summed E-state index contributed by atoms with van der Waals surface area (Å²) < 4.78 is 6.34. The van der Waals surface area contributed by atoms with E-state index in [1.807, 2.05) is 29.2 Å². The largest absolute Gasteiger partial charge is 0.497 e. The molecule has 0 saturated carbocycles. The molecule has 6 heteroatoms. The van der Waals surface area contributed by atoms with Crippen LogP contribution in [0.1, 0.15) is 35.3 Å². The van der Waals surface area contributed by atoms with Gasteiger partial charge < -0.3 is 9.64 Å². The SMILES string of the molecule is CC[NH+](CC)CCN(C(=O)c1ccc(OC)cc1)c1nc2cc(C)c(C)cc2s1. The van der Waals surface area contributed by atoms with Crippen molar-refractivity contribution in [3.8, 4) is 5.75 Å². The number of rotatable bonds is 8. The van der Waals surface area contributed by atoms with E-state index < -0.39 is 0 Å². The minimum Gasteiger partial charge on any atom is -0.497 e. The molecular formula is C23H30N3O2S+. The highest BCUT2D eigenvalue weighted by molar-refractivity contribution is 7.22. The second kappa shape index (κ2) is 9.37. The van der Waals surface area contributed by atoms with E-state index in [4.69, 9.17) is 9.72 Å². The molecule has 1 heterocycles. The second-order valence-corrected chi connectivity index (χ2v) is 8.30. The molecule has 0 fully saturated rings. The maximum Gasteiger partial charge on any atom is 0.260 e. The Morgan fingerprint density at radius 1 is 1.10 bits per heavy atom. The molecule has 0 bridgehead atoms. The molecular weight excluding hydrogens is 382 g/mol. The number of anilines is 1. The van der Waals surface area contributed by atoms with Gasteiger partial charge in [0.1, 0.15) is 5.75 Å². The van der Waals surface area contributed by atoms with E-state index in [2.05, 4.69) is 39.8 Å². The number of likely N-dealkylation sites (N-methyl/N-ethyl adjacent to an activating group) is 1. The van der Waals surface area contributed by atoms with E-state index in [-0.39, 0.29) is 5.91 Å². The van der Waals surface area contributed by atoms with E-state index in [1.54, 1.807) is 18.4 Å². The molecule has 1 N–H and O–H groups in total. The number of hydrogen-bond acceptors (Lipinski definition) is 4. The van der Waals surface area contributed by atoms with Crippen LogP contribution < -0.4 is 14.5 Å². The number of carbonyl (C=O) groups excluding carboxylic acids is 1. The summed E-state index contributed by atoms with van der Waals surface area (Å²) in [6.45, 7) is 12.2. The molecule has 0 saturated heterocycles. The fourth-order valence-corrected chi connectivity index (χ4v) is 4.40. The van der Waals surface area contributed by atoms with Gasteiger partial charge in [0.05, 0.1) is 43.5 Å². The first-order valence-electron chi connectivity index (χ1n) is 10.1. The lowest BCUT2D eigenvalue weighted by molar-refractivity contribution is -0.894. The van der Waals surface area contributed by atoms with E-state index in [9.17, 15) is 4.79 Å². The first kappa shape index (κ1) is 21.3. The number of aromatic nitrogens is 1. The van der Waals surface area contributed by atoms with Gasteiger partial charge in [-0.15, -0.1) is 0 Å². The van der Waals surface area contributed by atoms with E-state index in [0.29, 0.717) is 12.1 Å². The first-order valence-corrected chi connectivity index (χ1v) is 11.0. The van der Waals surface area contributed by atoms with Gasteiger partial charge in [0, 0.05) is 5.56 Å². The minimum atomic E-state index is -0.0216. The smallest absolute Gasteiger partial charge is 0.260 e. The van der Waals surface area contributed by atoms with Gasteiger partial charge >= 0.3 is 0 Å². The fourth-order valence-electron chi connectivity index (χ4n) is 3.33. The van der Waals surface area contributed by atoms with Crippen molar-refractivity contribution in [3.05, 3.63) is 53.1 Å². The highest BCUT2D eigenvalue weighted by Gasteiger charge is 2.23. The van der Waals surface area contributed by atoms with Crippen molar-refractivity contribution >= 4 is 32.6 Å². The third-order valence-electron chi connectivity index (χ3n) is 5.49. The van der Waals surface area contributed by atoms with Crippen LogP contribution in [0.4, 0.5) is 5.13 Å². The highest BCUT2D eigenvalue weighted by atomic mass is 32.1. The standard InChI is InChI=1S/C23H29N3O2S/c1-6-25(7-2)12-13-26(22(27)18-8-10-19(28-5)11-9-18)23-24-20-14-16(3)17(4)15-21(20)29-23/h8-11,14-15H,6-7,12-13H2,1-5H3/p+1. The molecule has 0 unspecified atom stereocenters. The predicted molar refractivity (Wildman–Crippen MR) is 121 cm³/mol. The summed E-state index contributed by atoms with van der Waals surface area (Å²) >= 11 is 1.59. The molecule has 29 heavy (non-hydrogen) atoms. The lowest BCUT2D eigenvalue weighted by Gasteiger charge is -2.23. The summed E-state index contributed by atoms with van der Waals surface area (Å²) in [6, 6.07) is 11.6. The van der Waals surface area contributed by atoms with Gasteiger partial charge in [0.2, 0.25) is 0 Å². The van der Waals surface area contributed by atoms with Crippen LogP contribution >= 0.6 is 11.3 Å². The molecule has 5 nitrogen and oxygen atoms in total. The van der Waals surface area contributed by atoms with E-state index in [1.165, 1.54) is 16.0 Å². The zero-order chi connectivity index (χ0) is 21.0. The second-order valence-electron chi connectivity index (χ2n) is 7.29. The van der Waals surface area contributed by atoms with Gasteiger partial charge in [-0.25, -0.2) is 4.98 Å². The van der Waals surface area contributed by atoms with Crippen molar-refractivity contribution in [1.29, 1.82) is 0 Å². The van der Waals surface area contributed by atoms with Crippen LogP contribution in [0.2, 0.25) is 0 Å². The molecule has 3 rings (SSSR count). The third kappa shape index (κ3) is 4.77. The van der Waals surface area contributed by atoms with Crippen LogP contribution in [0.3, 0.4) is 0 Å². The van der Waals surface area contributed by atoms with Crippen molar-refractivity contribution in [2.24, 2.45) is 0 Å². The number of nitrogens with one attached hydrogen (secondary N) is 1. The van der Waals surface area contributed by atoms with Gasteiger partial charge in [0.15, 0.2) is 5.13 Å². The van der Waals surface area contributed by atoms with Crippen molar-refractivity contribution in [1.82, 2.24) is 4.98 Å². The molecule has 0 aliphatic heterocycles. The molecule has 154 valence electrons. The quantitative estimate of drug-likeness (QED) is 0.616. The molecule has 0 aliphatic carbocycles.